The molecule has 0 fully saturated rings. The third-order valence-electron chi connectivity index (χ3n) is 2.60. The number of rotatable bonds is 2. The number of anilines is 1. The summed E-state index contributed by atoms with van der Waals surface area (Å²) in [7, 11) is 0. The van der Waals surface area contributed by atoms with E-state index in [2.05, 4.69) is 15.2 Å². The predicted octanol–water partition coefficient (Wildman–Crippen LogP) is 2.26. The van der Waals surface area contributed by atoms with Crippen molar-refractivity contribution in [3.8, 4) is 0 Å². The minimum absolute atomic E-state index is 0.690. The van der Waals surface area contributed by atoms with Gasteiger partial charge in [0.15, 0.2) is 0 Å². The summed E-state index contributed by atoms with van der Waals surface area (Å²) >= 11 is 1.60. The first-order chi connectivity index (χ1) is 8.34. The Kier molecular flexibility index (Phi) is 2.45. The minimum atomic E-state index is 0.690. The molecule has 0 atom stereocenters. The van der Waals surface area contributed by atoms with Crippen LogP contribution in [0.1, 0.15) is 11.3 Å². The van der Waals surface area contributed by atoms with Gasteiger partial charge in [-0.3, -0.25) is 4.98 Å². The van der Waals surface area contributed by atoms with Gasteiger partial charge in [0, 0.05) is 18.8 Å². The summed E-state index contributed by atoms with van der Waals surface area (Å²) in [5, 5.41) is 10.3. The van der Waals surface area contributed by atoms with Gasteiger partial charge in [0.1, 0.15) is 5.52 Å². The van der Waals surface area contributed by atoms with Crippen molar-refractivity contribution in [2.75, 3.05) is 5.73 Å². The Morgan fingerprint density at radius 3 is 2.76 bits per heavy atom. The van der Waals surface area contributed by atoms with Gasteiger partial charge in [0.25, 0.3) is 0 Å². The maximum absolute atomic E-state index is 6.10. The molecule has 3 rings (SSSR count). The fraction of sp³-hybridized carbons (Fsp3) is 0.0833. The van der Waals surface area contributed by atoms with Gasteiger partial charge in [-0.2, -0.15) is 5.10 Å². The number of fused-ring (bicyclic) bond motifs is 1. The van der Waals surface area contributed by atoms with E-state index in [9.17, 15) is 0 Å². The van der Waals surface area contributed by atoms with Crippen molar-refractivity contribution in [3.05, 3.63) is 47.2 Å². The Balaban J connectivity index is 2.03. The average molecular weight is 242 g/mol. The first-order valence-corrected chi connectivity index (χ1v) is 6.09. The third-order valence-corrected chi connectivity index (χ3v) is 3.54. The molecular weight excluding hydrogens is 232 g/mol. The highest BCUT2D eigenvalue weighted by molar-refractivity contribution is 7.17. The number of nitrogens with two attached hydrogens (primary N) is 1. The summed E-state index contributed by atoms with van der Waals surface area (Å²) < 4.78 is 1.02. The van der Waals surface area contributed by atoms with Gasteiger partial charge in [0.2, 0.25) is 0 Å². The highest BCUT2D eigenvalue weighted by atomic mass is 32.1. The second kappa shape index (κ2) is 4.10. The van der Waals surface area contributed by atoms with Crippen molar-refractivity contribution >= 4 is 27.2 Å². The lowest BCUT2D eigenvalue weighted by Crippen LogP contribution is -2.01. The van der Waals surface area contributed by atoms with Gasteiger partial charge in [-0.25, -0.2) is 0 Å². The van der Waals surface area contributed by atoms with Crippen molar-refractivity contribution in [2.24, 2.45) is 0 Å². The van der Waals surface area contributed by atoms with Gasteiger partial charge < -0.3 is 5.73 Å². The third kappa shape index (κ3) is 1.85. The molecule has 0 radical (unpaired) electrons. The lowest BCUT2D eigenvalue weighted by atomic mass is 10.1. The Labute approximate surface area is 102 Å². The fourth-order valence-electron chi connectivity index (χ4n) is 1.71. The van der Waals surface area contributed by atoms with E-state index in [0.29, 0.717) is 6.42 Å². The summed E-state index contributed by atoms with van der Waals surface area (Å²) in [6.07, 6.45) is 4.22. The molecule has 5 heteroatoms. The van der Waals surface area contributed by atoms with Crippen LogP contribution in [0.2, 0.25) is 0 Å². The zero-order valence-corrected chi connectivity index (χ0v) is 9.81. The van der Waals surface area contributed by atoms with Crippen molar-refractivity contribution in [1.82, 2.24) is 15.2 Å². The summed E-state index contributed by atoms with van der Waals surface area (Å²) in [5.41, 5.74) is 9.67. The second-order valence-electron chi connectivity index (χ2n) is 3.73. The molecule has 0 saturated carbocycles. The number of thiophene rings is 1. The molecular formula is C12H10N4S. The molecule has 0 spiro atoms. The van der Waals surface area contributed by atoms with Crippen molar-refractivity contribution in [2.45, 2.75) is 6.42 Å². The maximum atomic E-state index is 6.10. The van der Waals surface area contributed by atoms with E-state index >= 15 is 0 Å². The van der Waals surface area contributed by atoms with E-state index in [1.54, 1.807) is 23.7 Å². The van der Waals surface area contributed by atoms with E-state index in [1.165, 1.54) is 0 Å². The SMILES string of the molecule is Nc1c(Cc2ccncc2)nnc2ccsc12. The molecule has 17 heavy (non-hydrogen) atoms. The average Bonchev–Trinajstić information content (AvgIpc) is 2.83. The molecule has 0 aliphatic heterocycles. The van der Waals surface area contributed by atoms with Gasteiger partial charge in [-0.1, -0.05) is 0 Å². The second-order valence-corrected chi connectivity index (χ2v) is 4.64. The monoisotopic (exact) mass is 242 g/mol. The van der Waals surface area contributed by atoms with Gasteiger partial charge in [-0.05, 0) is 29.1 Å². The first-order valence-electron chi connectivity index (χ1n) is 5.22. The van der Waals surface area contributed by atoms with Crippen LogP contribution in [0, 0.1) is 0 Å². The van der Waals surface area contributed by atoms with E-state index in [4.69, 9.17) is 5.73 Å². The molecule has 0 bridgehead atoms. The van der Waals surface area contributed by atoms with Crippen LogP contribution in [-0.4, -0.2) is 15.2 Å². The zero-order valence-electron chi connectivity index (χ0n) is 9.00. The van der Waals surface area contributed by atoms with Crippen LogP contribution in [0.25, 0.3) is 10.2 Å². The maximum Gasteiger partial charge on any atom is 0.106 e. The highest BCUT2D eigenvalue weighted by Crippen LogP contribution is 2.27. The Bertz CT molecular complexity index is 648. The van der Waals surface area contributed by atoms with Gasteiger partial charge >= 0.3 is 0 Å². The summed E-state index contributed by atoms with van der Waals surface area (Å²) in [6.45, 7) is 0. The van der Waals surface area contributed by atoms with Gasteiger partial charge in [0.05, 0.1) is 16.1 Å². The van der Waals surface area contributed by atoms with Crippen molar-refractivity contribution in [3.63, 3.8) is 0 Å². The fourth-order valence-corrected chi connectivity index (χ4v) is 2.51. The molecule has 0 amide bonds. The number of nitrogens with zero attached hydrogens (tertiary/aromatic N) is 3. The first kappa shape index (κ1) is 10.2. The quantitative estimate of drug-likeness (QED) is 0.748. The Morgan fingerprint density at radius 1 is 1.12 bits per heavy atom. The van der Waals surface area contributed by atoms with Crippen molar-refractivity contribution < 1.29 is 0 Å². The molecule has 0 saturated heterocycles. The molecule has 3 heterocycles. The van der Waals surface area contributed by atoms with Crippen LogP contribution in [0.3, 0.4) is 0 Å². The molecule has 3 aromatic rings. The number of hydrogen-bond acceptors (Lipinski definition) is 5. The Hall–Kier alpha value is -2.01. The number of nitrogen functional groups attached to an aromatic ring is 1. The largest absolute Gasteiger partial charge is 0.396 e. The van der Waals surface area contributed by atoms with Crippen LogP contribution in [0.5, 0.6) is 0 Å². The molecule has 0 unspecified atom stereocenters. The standard InChI is InChI=1S/C12H10N4S/c13-11-10(7-8-1-4-14-5-2-8)16-15-9-3-6-17-12(9)11/h1-6H,7H2,(H2,13,15). The molecule has 84 valence electrons. The number of hydrogen-bond donors (Lipinski definition) is 1. The molecule has 2 N–H and O–H groups in total. The lowest BCUT2D eigenvalue weighted by Gasteiger charge is -2.04. The predicted molar refractivity (Wildman–Crippen MR) is 68.9 cm³/mol. The topological polar surface area (TPSA) is 64.7 Å². The summed E-state index contributed by atoms with van der Waals surface area (Å²) in [5.74, 6) is 0. The van der Waals surface area contributed by atoms with Crippen LogP contribution < -0.4 is 5.73 Å². The molecule has 4 nitrogen and oxygen atoms in total. The molecule has 3 aromatic heterocycles. The van der Waals surface area contributed by atoms with E-state index in [0.717, 1.165) is 27.2 Å². The van der Waals surface area contributed by atoms with Crippen LogP contribution in [-0.2, 0) is 6.42 Å². The molecule has 0 aromatic carbocycles. The normalized spacial score (nSPS) is 10.8. The molecule has 0 aliphatic carbocycles. The van der Waals surface area contributed by atoms with Crippen LogP contribution in [0.4, 0.5) is 5.69 Å². The van der Waals surface area contributed by atoms with Crippen LogP contribution >= 0.6 is 11.3 Å². The zero-order chi connectivity index (χ0) is 11.7. The summed E-state index contributed by atoms with van der Waals surface area (Å²) in [4.78, 5) is 3.99. The summed E-state index contributed by atoms with van der Waals surface area (Å²) in [6, 6.07) is 5.85. The number of pyridine rings is 1. The van der Waals surface area contributed by atoms with Gasteiger partial charge in [-0.15, -0.1) is 16.4 Å². The Morgan fingerprint density at radius 2 is 1.94 bits per heavy atom. The number of aromatic nitrogens is 3. The highest BCUT2D eigenvalue weighted by Gasteiger charge is 2.09. The minimum Gasteiger partial charge on any atom is -0.396 e. The van der Waals surface area contributed by atoms with Crippen molar-refractivity contribution in [1.29, 1.82) is 0 Å². The molecule has 0 aliphatic rings. The van der Waals surface area contributed by atoms with Crippen LogP contribution in [0.15, 0.2) is 36.0 Å². The van der Waals surface area contributed by atoms with E-state index in [-0.39, 0.29) is 0 Å². The smallest absolute Gasteiger partial charge is 0.106 e. The lowest BCUT2D eigenvalue weighted by molar-refractivity contribution is 0.970. The van der Waals surface area contributed by atoms with E-state index in [1.807, 2.05) is 23.6 Å². The van der Waals surface area contributed by atoms with E-state index < -0.39 is 0 Å².